The van der Waals surface area contributed by atoms with Gasteiger partial charge in [-0.15, -0.1) is 0 Å². The summed E-state index contributed by atoms with van der Waals surface area (Å²) in [6.07, 6.45) is 9.67. The molecule has 1 fully saturated rings. The molecule has 0 atom stereocenters. The first-order valence-electron chi connectivity index (χ1n) is 14.5. The van der Waals surface area contributed by atoms with Gasteiger partial charge in [0.2, 0.25) is 5.91 Å². The molecule has 2 aliphatic heterocycles. The number of amides is 2. The van der Waals surface area contributed by atoms with E-state index in [1.54, 1.807) is 12.1 Å². The maximum atomic E-state index is 13.5. The van der Waals surface area contributed by atoms with Gasteiger partial charge in [-0.25, -0.2) is 4.72 Å². The second-order valence-electron chi connectivity index (χ2n) is 11.4. The van der Waals surface area contributed by atoms with Crippen molar-refractivity contribution in [1.82, 2.24) is 18.9 Å². The minimum atomic E-state index is -4.00. The maximum absolute atomic E-state index is 13.5. The van der Waals surface area contributed by atoms with E-state index in [1.165, 1.54) is 23.3 Å². The molecule has 1 aromatic heterocycles. The van der Waals surface area contributed by atoms with Crippen LogP contribution < -0.4 is 10.0 Å². The Hall–Kier alpha value is -3.14. The quantitative estimate of drug-likeness (QED) is 0.382. The molecule has 4 bridgehead atoms. The zero-order chi connectivity index (χ0) is 28.7. The van der Waals surface area contributed by atoms with E-state index in [1.807, 2.05) is 30.3 Å². The number of benzene rings is 2. The highest BCUT2D eigenvalue weighted by molar-refractivity contribution is 7.87. The number of hydrogen-bond donors (Lipinski definition) is 2. The van der Waals surface area contributed by atoms with E-state index in [4.69, 9.17) is 11.6 Å². The number of nitrogens with one attached hydrogen (secondary N) is 2. The molecule has 0 saturated heterocycles. The van der Waals surface area contributed by atoms with Crippen LogP contribution in [-0.2, 0) is 21.5 Å². The highest BCUT2D eigenvalue weighted by Gasteiger charge is 2.31. The number of aromatic nitrogens is 1. The molecule has 10 heteroatoms. The summed E-state index contributed by atoms with van der Waals surface area (Å²) in [6.45, 7) is 1.09. The van der Waals surface area contributed by atoms with Gasteiger partial charge in [-0.2, -0.15) is 12.7 Å². The summed E-state index contributed by atoms with van der Waals surface area (Å²) in [5.41, 5.74) is 5.80. The van der Waals surface area contributed by atoms with Gasteiger partial charge in [0.25, 0.3) is 5.91 Å². The SMILES string of the molecule is CN1CCCCCNC(=O)C2=Cc3ccc(Cl)cc3-c3c(C4CCCCC4)c4ccc(cc4n3C2)C(=O)NS1(=O)=O. The second kappa shape index (κ2) is 11.3. The van der Waals surface area contributed by atoms with E-state index in [0.717, 1.165) is 66.2 Å². The van der Waals surface area contributed by atoms with Crippen LogP contribution in [-0.4, -0.2) is 49.2 Å². The van der Waals surface area contributed by atoms with Crippen LogP contribution in [0.5, 0.6) is 0 Å². The van der Waals surface area contributed by atoms with Gasteiger partial charge in [0.05, 0.1) is 12.2 Å². The summed E-state index contributed by atoms with van der Waals surface area (Å²) in [6, 6.07) is 11.2. The summed E-state index contributed by atoms with van der Waals surface area (Å²) in [4.78, 5) is 26.8. The molecule has 41 heavy (non-hydrogen) atoms. The van der Waals surface area contributed by atoms with Gasteiger partial charge in [-0.05, 0) is 73.1 Å². The standard InChI is InChI=1S/C31H35ClN4O4S/c1-35-15-7-3-6-14-33-30(37)23-16-21-10-12-24(32)18-26(21)29-28(20-8-4-2-5-9-20)25-13-11-22(17-27(25)36(29)19-23)31(38)34-41(35,39)40/h10-13,16-18,20H,2-9,14-15,19H2,1H3,(H,33,37)(H,34,38). The first kappa shape index (κ1) is 28.0. The van der Waals surface area contributed by atoms with E-state index in [-0.39, 0.29) is 18.0 Å². The lowest BCUT2D eigenvalue weighted by atomic mass is 9.81. The molecule has 3 aromatic rings. The molecule has 2 amide bonds. The van der Waals surface area contributed by atoms with Crippen molar-refractivity contribution >= 4 is 50.6 Å². The fraction of sp³-hybridized carbons (Fsp3) is 0.419. The number of hydrogen-bond acceptors (Lipinski definition) is 4. The highest BCUT2D eigenvalue weighted by atomic mass is 35.5. The third-order valence-corrected chi connectivity index (χ3v) is 10.3. The van der Waals surface area contributed by atoms with Crippen LogP contribution in [0.1, 0.15) is 78.8 Å². The normalized spacial score (nSPS) is 20.7. The average Bonchev–Trinajstić information content (AvgIpc) is 3.17. The third kappa shape index (κ3) is 5.43. The number of halogens is 1. The summed E-state index contributed by atoms with van der Waals surface area (Å²) in [5, 5.41) is 4.71. The van der Waals surface area contributed by atoms with Crippen LogP contribution in [0.25, 0.3) is 28.2 Å². The Bertz CT molecular complexity index is 1670. The molecule has 3 heterocycles. The van der Waals surface area contributed by atoms with Gasteiger partial charge in [0.1, 0.15) is 0 Å². The van der Waals surface area contributed by atoms with Gasteiger partial charge < -0.3 is 9.88 Å². The molecular formula is C31H35ClN4O4S. The number of carbonyl (C=O) groups excluding carboxylic acids is 2. The van der Waals surface area contributed by atoms with E-state index in [2.05, 4.69) is 14.6 Å². The van der Waals surface area contributed by atoms with Crippen molar-refractivity contribution in [2.24, 2.45) is 0 Å². The molecule has 0 radical (unpaired) electrons. The average molecular weight is 595 g/mol. The van der Waals surface area contributed by atoms with Crippen molar-refractivity contribution in [1.29, 1.82) is 0 Å². The third-order valence-electron chi connectivity index (χ3n) is 8.67. The molecule has 8 nitrogen and oxygen atoms in total. The summed E-state index contributed by atoms with van der Waals surface area (Å²) < 4.78 is 31.4. The predicted molar refractivity (Wildman–Crippen MR) is 162 cm³/mol. The molecule has 3 aliphatic rings. The lowest BCUT2D eigenvalue weighted by Crippen LogP contribution is -2.41. The largest absolute Gasteiger partial charge is 0.352 e. The zero-order valence-electron chi connectivity index (χ0n) is 23.2. The van der Waals surface area contributed by atoms with Crippen molar-refractivity contribution < 1.29 is 18.0 Å². The molecule has 6 rings (SSSR count). The molecule has 1 aliphatic carbocycles. The van der Waals surface area contributed by atoms with Crippen LogP contribution in [0.15, 0.2) is 42.0 Å². The van der Waals surface area contributed by atoms with Crippen molar-refractivity contribution in [3.05, 3.63) is 63.7 Å². The van der Waals surface area contributed by atoms with Crippen LogP contribution in [0.2, 0.25) is 5.02 Å². The Kier molecular flexibility index (Phi) is 7.70. The van der Waals surface area contributed by atoms with E-state index in [9.17, 15) is 18.0 Å². The molecule has 2 aromatic carbocycles. The van der Waals surface area contributed by atoms with Crippen molar-refractivity contribution in [2.45, 2.75) is 63.8 Å². The van der Waals surface area contributed by atoms with Crippen molar-refractivity contribution in [3.63, 3.8) is 0 Å². The van der Waals surface area contributed by atoms with Crippen LogP contribution >= 0.6 is 11.6 Å². The minimum Gasteiger partial charge on any atom is -0.352 e. The monoisotopic (exact) mass is 594 g/mol. The number of fused-ring (bicyclic) bond motifs is 4. The fourth-order valence-corrected chi connectivity index (χ4v) is 7.55. The Morgan fingerprint density at radius 1 is 0.927 bits per heavy atom. The first-order chi connectivity index (χ1) is 19.7. The number of carbonyl (C=O) groups is 2. The Morgan fingerprint density at radius 2 is 1.71 bits per heavy atom. The number of rotatable bonds is 1. The lowest BCUT2D eigenvalue weighted by molar-refractivity contribution is -0.117. The number of nitrogens with zero attached hydrogens (tertiary/aromatic N) is 2. The smallest absolute Gasteiger partial charge is 0.303 e. The Morgan fingerprint density at radius 3 is 2.51 bits per heavy atom. The minimum absolute atomic E-state index is 0.127. The zero-order valence-corrected chi connectivity index (χ0v) is 24.8. The predicted octanol–water partition coefficient (Wildman–Crippen LogP) is 5.61. The fourth-order valence-electron chi connectivity index (χ4n) is 6.50. The van der Waals surface area contributed by atoms with Gasteiger partial charge >= 0.3 is 10.2 Å². The summed E-state index contributed by atoms with van der Waals surface area (Å²) >= 11 is 6.55. The van der Waals surface area contributed by atoms with Crippen molar-refractivity contribution in [3.8, 4) is 11.3 Å². The second-order valence-corrected chi connectivity index (χ2v) is 13.6. The van der Waals surface area contributed by atoms with Gasteiger partial charge in [-0.3, -0.25) is 9.59 Å². The van der Waals surface area contributed by atoms with Crippen LogP contribution in [0, 0.1) is 0 Å². The highest BCUT2D eigenvalue weighted by Crippen LogP contribution is 2.47. The maximum Gasteiger partial charge on any atom is 0.303 e. The van der Waals surface area contributed by atoms with Crippen LogP contribution in [0.4, 0.5) is 0 Å². The van der Waals surface area contributed by atoms with E-state index >= 15 is 0 Å². The molecule has 0 spiro atoms. The van der Waals surface area contributed by atoms with Gasteiger partial charge in [-0.1, -0.05) is 49.4 Å². The molecule has 0 unspecified atom stereocenters. The Labute approximate surface area is 245 Å². The van der Waals surface area contributed by atoms with Gasteiger partial charge in [0.15, 0.2) is 0 Å². The molecule has 2 N–H and O–H groups in total. The van der Waals surface area contributed by atoms with E-state index in [0.29, 0.717) is 36.0 Å². The van der Waals surface area contributed by atoms with Crippen molar-refractivity contribution in [2.75, 3.05) is 20.1 Å². The Balaban J connectivity index is 1.59. The molecular weight excluding hydrogens is 560 g/mol. The molecule has 1 saturated carbocycles. The first-order valence-corrected chi connectivity index (χ1v) is 16.3. The van der Waals surface area contributed by atoms with Gasteiger partial charge in [0, 0.05) is 52.8 Å². The summed E-state index contributed by atoms with van der Waals surface area (Å²) in [5.74, 6) is -0.475. The summed E-state index contributed by atoms with van der Waals surface area (Å²) in [7, 11) is -2.53. The van der Waals surface area contributed by atoms with E-state index < -0.39 is 16.1 Å². The lowest BCUT2D eigenvalue weighted by Gasteiger charge is -2.24. The van der Waals surface area contributed by atoms with Crippen LogP contribution in [0.3, 0.4) is 0 Å². The topological polar surface area (TPSA) is 101 Å². The molecule has 216 valence electrons.